The minimum Gasteiger partial charge on any atom is -0.341 e. The van der Waals surface area contributed by atoms with Crippen LogP contribution in [0.15, 0.2) is 24.3 Å². The first kappa shape index (κ1) is 14.5. The number of aryl methyl sites for hydroxylation is 1. The summed E-state index contributed by atoms with van der Waals surface area (Å²) in [7, 11) is 0. The Balaban J connectivity index is 1.97. The van der Waals surface area contributed by atoms with Crippen molar-refractivity contribution in [2.75, 3.05) is 26.2 Å². The van der Waals surface area contributed by atoms with Crippen LogP contribution in [0.25, 0.3) is 0 Å². The van der Waals surface area contributed by atoms with Crippen LogP contribution in [0.3, 0.4) is 0 Å². The number of hydrogen-bond donors (Lipinski definition) is 2. The number of nitrogens with one attached hydrogen (secondary N) is 2. The summed E-state index contributed by atoms with van der Waals surface area (Å²) in [4.78, 5) is 26.2. The number of carbonyl (C=O) groups excluding carboxylic acids is 2. The van der Waals surface area contributed by atoms with Crippen LogP contribution in [-0.4, -0.2) is 48.9 Å². The van der Waals surface area contributed by atoms with Crippen molar-refractivity contribution < 1.29 is 9.59 Å². The van der Waals surface area contributed by atoms with E-state index in [4.69, 9.17) is 0 Å². The lowest BCUT2D eigenvalue weighted by molar-refractivity contribution is -0.133. The highest BCUT2D eigenvalue weighted by Crippen LogP contribution is 2.07. The number of benzene rings is 1. The molecule has 2 amide bonds. The molecule has 5 heteroatoms. The number of carbonyl (C=O) groups is 2. The molecule has 0 saturated carbocycles. The second kappa shape index (κ2) is 6.52. The zero-order valence-electron chi connectivity index (χ0n) is 12.0. The summed E-state index contributed by atoms with van der Waals surface area (Å²) < 4.78 is 0. The van der Waals surface area contributed by atoms with Gasteiger partial charge in [-0.1, -0.05) is 18.2 Å². The third kappa shape index (κ3) is 3.36. The summed E-state index contributed by atoms with van der Waals surface area (Å²) in [6.45, 7) is 6.64. The highest BCUT2D eigenvalue weighted by Gasteiger charge is 2.23. The Bertz CT molecular complexity index is 496. The predicted molar refractivity (Wildman–Crippen MR) is 77.6 cm³/mol. The monoisotopic (exact) mass is 275 g/mol. The van der Waals surface area contributed by atoms with Crippen LogP contribution in [0.2, 0.25) is 0 Å². The van der Waals surface area contributed by atoms with E-state index in [1.165, 1.54) is 0 Å². The van der Waals surface area contributed by atoms with E-state index in [0.717, 1.165) is 18.7 Å². The molecule has 20 heavy (non-hydrogen) atoms. The maximum atomic E-state index is 12.2. The van der Waals surface area contributed by atoms with Crippen LogP contribution < -0.4 is 10.6 Å². The van der Waals surface area contributed by atoms with Crippen molar-refractivity contribution in [2.24, 2.45) is 0 Å². The van der Waals surface area contributed by atoms with Gasteiger partial charge >= 0.3 is 0 Å². The largest absolute Gasteiger partial charge is 0.341 e. The minimum absolute atomic E-state index is 0.0200. The van der Waals surface area contributed by atoms with Gasteiger partial charge in [-0.25, -0.2) is 0 Å². The number of rotatable bonds is 3. The first-order chi connectivity index (χ1) is 9.59. The number of amides is 2. The molecule has 1 heterocycles. The van der Waals surface area contributed by atoms with Crippen molar-refractivity contribution in [1.29, 1.82) is 0 Å². The van der Waals surface area contributed by atoms with Crippen LogP contribution in [0, 0.1) is 6.92 Å². The summed E-state index contributed by atoms with van der Waals surface area (Å²) in [6, 6.07) is 6.87. The van der Waals surface area contributed by atoms with E-state index in [0.29, 0.717) is 18.7 Å². The van der Waals surface area contributed by atoms with Crippen molar-refractivity contribution in [3.05, 3.63) is 35.4 Å². The Morgan fingerprint density at radius 3 is 2.55 bits per heavy atom. The van der Waals surface area contributed by atoms with Crippen LogP contribution in [0.1, 0.15) is 22.8 Å². The summed E-state index contributed by atoms with van der Waals surface area (Å²) >= 11 is 0. The zero-order valence-corrected chi connectivity index (χ0v) is 12.0. The molecule has 0 radical (unpaired) electrons. The highest BCUT2D eigenvalue weighted by atomic mass is 16.2. The molecule has 1 fully saturated rings. The van der Waals surface area contributed by atoms with Gasteiger partial charge in [-0.2, -0.15) is 0 Å². The lowest BCUT2D eigenvalue weighted by atomic mass is 10.1. The van der Waals surface area contributed by atoms with E-state index in [2.05, 4.69) is 10.6 Å². The van der Waals surface area contributed by atoms with Crippen molar-refractivity contribution in [2.45, 2.75) is 19.9 Å². The molecular weight excluding hydrogens is 254 g/mol. The molecule has 2 N–H and O–H groups in total. The average Bonchev–Trinajstić information content (AvgIpc) is 2.47. The molecule has 0 aliphatic carbocycles. The molecule has 0 aromatic heterocycles. The van der Waals surface area contributed by atoms with Gasteiger partial charge in [-0.15, -0.1) is 0 Å². The fraction of sp³-hybridized carbons (Fsp3) is 0.467. The maximum absolute atomic E-state index is 12.2. The van der Waals surface area contributed by atoms with Gasteiger partial charge in [0.05, 0.1) is 0 Å². The van der Waals surface area contributed by atoms with Gasteiger partial charge in [0.15, 0.2) is 0 Å². The van der Waals surface area contributed by atoms with Gasteiger partial charge in [0, 0.05) is 31.7 Å². The number of hydrogen-bond acceptors (Lipinski definition) is 3. The van der Waals surface area contributed by atoms with E-state index in [9.17, 15) is 9.59 Å². The molecule has 0 spiro atoms. The second-order valence-corrected chi connectivity index (χ2v) is 5.09. The Hall–Kier alpha value is -1.88. The van der Waals surface area contributed by atoms with E-state index < -0.39 is 6.04 Å². The normalized spacial score (nSPS) is 16.6. The number of piperazine rings is 1. The first-order valence-corrected chi connectivity index (χ1v) is 6.95. The molecule has 1 saturated heterocycles. The molecule has 1 unspecified atom stereocenters. The van der Waals surface area contributed by atoms with Gasteiger partial charge in [-0.3, -0.25) is 9.59 Å². The van der Waals surface area contributed by atoms with Gasteiger partial charge in [0.2, 0.25) is 5.91 Å². The standard InChI is InChI=1S/C15H21N3O2/c1-11-5-3-4-6-13(11)14(19)17-12(2)15(20)18-9-7-16-8-10-18/h3-6,12,16H,7-10H2,1-2H3,(H,17,19). The van der Waals surface area contributed by atoms with Crippen molar-refractivity contribution in [3.63, 3.8) is 0 Å². The Morgan fingerprint density at radius 2 is 1.90 bits per heavy atom. The lowest BCUT2D eigenvalue weighted by Gasteiger charge is -2.30. The Morgan fingerprint density at radius 1 is 1.25 bits per heavy atom. The predicted octanol–water partition coefficient (Wildman–Crippen LogP) is 0.545. The SMILES string of the molecule is Cc1ccccc1C(=O)NC(C)C(=O)N1CCNCC1. The third-order valence-corrected chi connectivity index (χ3v) is 3.54. The molecule has 5 nitrogen and oxygen atoms in total. The molecule has 1 aromatic rings. The summed E-state index contributed by atoms with van der Waals surface area (Å²) in [5.41, 5.74) is 1.53. The molecular formula is C15H21N3O2. The average molecular weight is 275 g/mol. The maximum Gasteiger partial charge on any atom is 0.252 e. The molecule has 1 aliphatic rings. The molecule has 2 rings (SSSR count). The Labute approximate surface area is 119 Å². The fourth-order valence-corrected chi connectivity index (χ4v) is 2.32. The minimum atomic E-state index is -0.500. The first-order valence-electron chi connectivity index (χ1n) is 6.95. The molecule has 1 aliphatic heterocycles. The van der Waals surface area contributed by atoms with Gasteiger partial charge in [0.25, 0.3) is 5.91 Å². The van der Waals surface area contributed by atoms with Crippen LogP contribution in [0.5, 0.6) is 0 Å². The van der Waals surface area contributed by atoms with E-state index >= 15 is 0 Å². The second-order valence-electron chi connectivity index (χ2n) is 5.09. The van der Waals surface area contributed by atoms with Crippen LogP contribution in [-0.2, 0) is 4.79 Å². The van der Waals surface area contributed by atoms with Crippen molar-refractivity contribution in [3.8, 4) is 0 Å². The van der Waals surface area contributed by atoms with Crippen molar-refractivity contribution >= 4 is 11.8 Å². The summed E-state index contributed by atoms with van der Waals surface area (Å²) in [5.74, 6) is -0.215. The fourth-order valence-electron chi connectivity index (χ4n) is 2.32. The summed E-state index contributed by atoms with van der Waals surface area (Å²) in [6.07, 6.45) is 0. The van der Waals surface area contributed by atoms with E-state index in [1.54, 1.807) is 17.9 Å². The highest BCUT2D eigenvalue weighted by molar-refractivity contribution is 5.98. The molecule has 1 aromatic carbocycles. The quantitative estimate of drug-likeness (QED) is 0.846. The lowest BCUT2D eigenvalue weighted by Crippen LogP contribution is -2.53. The van der Waals surface area contributed by atoms with E-state index in [1.807, 2.05) is 25.1 Å². The van der Waals surface area contributed by atoms with Crippen LogP contribution in [0.4, 0.5) is 0 Å². The van der Waals surface area contributed by atoms with E-state index in [-0.39, 0.29) is 11.8 Å². The van der Waals surface area contributed by atoms with Crippen molar-refractivity contribution in [1.82, 2.24) is 15.5 Å². The Kier molecular flexibility index (Phi) is 4.74. The third-order valence-electron chi connectivity index (χ3n) is 3.54. The number of nitrogens with zero attached hydrogens (tertiary/aromatic N) is 1. The molecule has 108 valence electrons. The molecule has 0 bridgehead atoms. The van der Waals surface area contributed by atoms with Gasteiger partial charge in [0.1, 0.15) is 6.04 Å². The van der Waals surface area contributed by atoms with Gasteiger partial charge in [-0.05, 0) is 25.5 Å². The smallest absolute Gasteiger partial charge is 0.252 e. The molecule has 1 atom stereocenters. The zero-order chi connectivity index (χ0) is 14.5. The summed E-state index contributed by atoms with van der Waals surface area (Å²) in [5, 5.41) is 5.98. The van der Waals surface area contributed by atoms with Gasteiger partial charge < -0.3 is 15.5 Å². The van der Waals surface area contributed by atoms with Crippen LogP contribution >= 0.6 is 0 Å². The topological polar surface area (TPSA) is 61.4 Å².